The first kappa shape index (κ1) is 3.65. The summed E-state index contributed by atoms with van der Waals surface area (Å²) in [6.45, 7) is 2.10. The Morgan fingerprint density at radius 3 is 3.00 bits per heavy atom. The first-order valence-corrected chi connectivity index (χ1v) is 2.16. The first-order valence-electron chi connectivity index (χ1n) is 2.16. The van der Waals surface area contributed by atoms with Gasteiger partial charge in [-0.05, 0) is 6.92 Å². The van der Waals surface area contributed by atoms with Gasteiger partial charge >= 0.3 is 0 Å². The highest BCUT2D eigenvalue weighted by Crippen LogP contribution is 1.91. The molecule has 0 spiro atoms. The quantitative estimate of drug-likeness (QED) is 0.450. The van der Waals surface area contributed by atoms with Crippen molar-refractivity contribution in [3.05, 3.63) is 0 Å². The lowest BCUT2D eigenvalue weighted by molar-refractivity contribution is 0.636. The number of rotatable bonds is 0. The van der Waals surface area contributed by atoms with E-state index in [2.05, 4.69) is 17.5 Å². The number of hydrazone groups is 1. The summed E-state index contributed by atoms with van der Waals surface area (Å²) in [6.07, 6.45) is 2.98. The lowest BCUT2D eigenvalue weighted by Crippen LogP contribution is -2.12. The van der Waals surface area contributed by atoms with E-state index in [-0.39, 0.29) is 0 Å². The van der Waals surface area contributed by atoms with Gasteiger partial charge in [0, 0.05) is 18.7 Å². The van der Waals surface area contributed by atoms with Crippen molar-refractivity contribution in [3.63, 3.8) is 0 Å². The van der Waals surface area contributed by atoms with Crippen molar-refractivity contribution >= 4 is 6.21 Å². The highest BCUT2D eigenvalue weighted by molar-refractivity contribution is 5.59. The summed E-state index contributed by atoms with van der Waals surface area (Å²) >= 11 is 0. The van der Waals surface area contributed by atoms with Crippen LogP contribution in [0.3, 0.4) is 0 Å². The molecule has 1 heterocycles. The summed E-state index contributed by atoms with van der Waals surface area (Å²) < 4.78 is 0. The molecule has 1 unspecified atom stereocenters. The van der Waals surface area contributed by atoms with Crippen LogP contribution in [0, 0.1) is 0 Å². The van der Waals surface area contributed by atoms with Gasteiger partial charge in [0.05, 0.1) is 0 Å². The molecule has 0 saturated heterocycles. The molecule has 6 heavy (non-hydrogen) atoms. The highest BCUT2D eigenvalue weighted by atomic mass is 15.3. The summed E-state index contributed by atoms with van der Waals surface area (Å²) in [7, 11) is 0. The maximum Gasteiger partial charge on any atom is 0.0461 e. The van der Waals surface area contributed by atoms with E-state index in [0.29, 0.717) is 6.04 Å². The minimum absolute atomic E-state index is 0.574. The van der Waals surface area contributed by atoms with Crippen LogP contribution in [0.4, 0.5) is 0 Å². The van der Waals surface area contributed by atoms with E-state index in [1.165, 1.54) is 0 Å². The third-order valence-corrected chi connectivity index (χ3v) is 0.845. The topological polar surface area (TPSA) is 24.4 Å². The molecule has 0 fully saturated rings. The van der Waals surface area contributed by atoms with Gasteiger partial charge in [0.1, 0.15) is 0 Å². The van der Waals surface area contributed by atoms with Crippen LogP contribution in [0.25, 0.3) is 0 Å². The Balaban J connectivity index is 2.32. The standard InChI is InChI=1S/C4H8N2/c1-4-2-3-5-6-4/h3-4,6H,2H2,1H3. The minimum Gasteiger partial charge on any atom is -0.307 e. The fourth-order valence-electron chi connectivity index (χ4n) is 0.443. The van der Waals surface area contributed by atoms with Crippen LogP contribution in [0.5, 0.6) is 0 Å². The molecule has 0 aliphatic carbocycles. The normalized spacial score (nSPS) is 30.5. The SMILES string of the molecule is CC1CC=NN1. The van der Waals surface area contributed by atoms with Crippen LogP contribution in [-0.4, -0.2) is 12.3 Å². The maximum absolute atomic E-state index is 3.79. The van der Waals surface area contributed by atoms with Gasteiger partial charge in [-0.15, -0.1) is 0 Å². The molecule has 1 N–H and O–H groups in total. The second-order valence-corrected chi connectivity index (χ2v) is 1.58. The van der Waals surface area contributed by atoms with Crippen LogP contribution < -0.4 is 5.43 Å². The Bertz CT molecular complexity index is 59.9. The molecule has 0 saturated carbocycles. The molecular weight excluding hydrogens is 76.1 g/mol. The van der Waals surface area contributed by atoms with Gasteiger partial charge in [-0.1, -0.05) is 0 Å². The molecule has 0 radical (unpaired) electrons. The van der Waals surface area contributed by atoms with Crippen molar-refractivity contribution in [2.75, 3.05) is 0 Å². The van der Waals surface area contributed by atoms with E-state index < -0.39 is 0 Å². The average molecular weight is 84.1 g/mol. The van der Waals surface area contributed by atoms with Gasteiger partial charge < -0.3 is 5.43 Å². The number of nitrogens with one attached hydrogen (secondary N) is 1. The minimum atomic E-state index is 0.574. The Morgan fingerprint density at radius 1 is 2.00 bits per heavy atom. The Hall–Kier alpha value is -0.530. The van der Waals surface area contributed by atoms with Crippen LogP contribution in [0.2, 0.25) is 0 Å². The molecule has 0 bridgehead atoms. The summed E-state index contributed by atoms with van der Waals surface area (Å²) in [6, 6.07) is 0.574. The van der Waals surface area contributed by atoms with E-state index in [4.69, 9.17) is 0 Å². The number of hydrogen-bond donors (Lipinski definition) is 1. The average Bonchev–Trinajstić information content (AvgIpc) is 1.86. The zero-order chi connectivity index (χ0) is 4.41. The molecule has 1 atom stereocenters. The Morgan fingerprint density at radius 2 is 2.83 bits per heavy atom. The van der Waals surface area contributed by atoms with Crippen molar-refractivity contribution in [3.8, 4) is 0 Å². The van der Waals surface area contributed by atoms with E-state index in [9.17, 15) is 0 Å². The molecule has 2 heteroatoms. The summed E-state index contributed by atoms with van der Waals surface area (Å²) in [5.74, 6) is 0. The van der Waals surface area contributed by atoms with Crippen LogP contribution in [0.15, 0.2) is 5.10 Å². The van der Waals surface area contributed by atoms with Gasteiger partial charge in [-0.2, -0.15) is 5.10 Å². The Labute approximate surface area is 37.2 Å². The lowest BCUT2D eigenvalue weighted by atomic mass is 10.3. The molecule has 0 aromatic carbocycles. The largest absolute Gasteiger partial charge is 0.307 e. The molecule has 0 aromatic rings. The molecule has 1 aliphatic rings. The van der Waals surface area contributed by atoms with Crippen LogP contribution >= 0.6 is 0 Å². The van der Waals surface area contributed by atoms with Gasteiger partial charge in [-0.3, -0.25) is 0 Å². The smallest absolute Gasteiger partial charge is 0.0461 e. The highest BCUT2D eigenvalue weighted by Gasteiger charge is 1.99. The maximum atomic E-state index is 3.79. The monoisotopic (exact) mass is 84.1 g/mol. The van der Waals surface area contributed by atoms with E-state index in [1.807, 2.05) is 6.21 Å². The summed E-state index contributed by atoms with van der Waals surface area (Å²) in [5.41, 5.74) is 2.89. The van der Waals surface area contributed by atoms with Gasteiger partial charge in [0.15, 0.2) is 0 Å². The summed E-state index contributed by atoms with van der Waals surface area (Å²) in [4.78, 5) is 0. The van der Waals surface area contributed by atoms with Crippen LogP contribution in [-0.2, 0) is 0 Å². The molecule has 1 rings (SSSR count). The number of nitrogens with zero attached hydrogens (tertiary/aromatic N) is 1. The fraction of sp³-hybridized carbons (Fsp3) is 0.750. The molecule has 0 aromatic heterocycles. The number of hydrogen-bond acceptors (Lipinski definition) is 2. The molecule has 0 amide bonds. The molecular formula is C4H8N2. The molecule has 1 aliphatic heterocycles. The second kappa shape index (κ2) is 1.29. The van der Waals surface area contributed by atoms with Crippen LogP contribution in [0.1, 0.15) is 13.3 Å². The van der Waals surface area contributed by atoms with E-state index in [1.54, 1.807) is 0 Å². The zero-order valence-corrected chi connectivity index (χ0v) is 3.81. The van der Waals surface area contributed by atoms with Gasteiger partial charge in [0.25, 0.3) is 0 Å². The zero-order valence-electron chi connectivity index (χ0n) is 3.81. The second-order valence-electron chi connectivity index (χ2n) is 1.58. The predicted molar refractivity (Wildman–Crippen MR) is 25.7 cm³/mol. The first-order chi connectivity index (χ1) is 2.89. The van der Waals surface area contributed by atoms with Crippen molar-refractivity contribution in [1.29, 1.82) is 0 Å². The van der Waals surface area contributed by atoms with Gasteiger partial charge in [0.2, 0.25) is 0 Å². The fourth-order valence-corrected chi connectivity index (χ4v) is 0.443. The van der Waals surface area contributed by atoms with E-state index in [0.717, 1.165) is 6.42 Å². The van der Waals surface area contributed by atoms with E-state index >= 15 is 0 Å². The summed E-state index contributed by atoms with van der Waals surface area (Å²) in [5, 5.41) is 3.79. The van der Waals surface area contributed by atoms with Crippen molar-refractivity contribution in [2.24, 2.45) is 5.10 Å². The van der Waals surface area contributed by atoms with Gasteiger partial charge in [-0.25, -0.2) is 0 Å². The molecule has 2 nitrogen and oxygen atoms in total. The van der Waals surface area contributed by atoms with Crippen molar-refractivity contribution in [2.45, 2.75) is 19.4 Å². The third kappa shape index (κ3) is 0.506. The predicted octanol–water partition coefficient (Wildman–Crippen LogP) is 0.354. The van der Waals surface area contributed by atoms with Crippen molar-refractivity contribution in [1.82, 2.24) is 5.43 Å². The Kier molecular flexibility index (Phi) is 0.783. The third-order valence-electron chi connectivity index (χ3n) is 0.845. The lowest BCUT2D eigenvalue weighted by Gasteiger charge is -1.94. The molecule has 34 valence electrons. The van der Waals surface area contributed by atoms with Crippen molar-refractivity contribution < 1.29 is 0 Å².